The molecular formula is C13H20N4O3. The summed E-state index contributed by atoms with van der Waals surface area (Å²) in [4.78, 5) is 28.8. The van der Waals surface area contributed by atoms with Gasteiger partial charge < -0.3 is 15.0 Å². The summed E-state index contributed by atoms with van der Waals surface area (Å²) in [6.07, 6.45) is 4.29. The number of carbonyl (C=O) groups is 2. The minimum Gasteiger partial charge on any atom is -0.444 e. The summed E-state index contributed by atoms with van der Waals surface area (Å²) in [7, 11) is 0. The maximum absolute atomic E-state index is 11.7. The Kier molecular flexibility index (Phi) is 3.96. The van der Waals surface area contributed by atoms with Gasteiger partial charge in [-0.25, -0.2) is 14.6 Å². The molecule has 1 N–H and O–H groups in total. The number of rotatable bonds is 2. The van der Waals surface area contributed by atoms with E-state index in [2.05, 4.69) is 10.3 Å². The number of hydrogen-bond acceptors (Lipinski definition) is 4. The Morgan fingerprint density at radius 2 is 2.10 bits per heavy atom. The zero-order valence-corrected chi connectivity index (χ0v) is 12.0. The number of carbonyl (C=O) groups excluding carboxylic acids is 2. The summed E-state index contributed by atoms with van der Waals surface area (Å²) in [5, 5.41) is 2.80. The molecule has 1 fully saturated rings. The molecule has 20 heavy (non-hydrogen) atoms. The van der Waals surface area contributed by atoms with Crippen molar-refractivity contribution in [2.75, 3.05) is 19.6 Å². The van der Waals surface area contributed by atoms with Gasteiger partial charge in [0.15, 0.2) is 0 Å². The van der Waals surface area contributed by atoms with Crippen molar-refractivity contribution in [3.8, 4) is 0 Å². The van der Waals surface area contributed by atoms with Gasteiger partial charge in [-0.2, -0.15) is 0 Å². The van der Waals surface area contributed by atoms with E-state index in [9.17, 15) is 9.59 Å². The third kappa shape index (κ3) is 3.72. The normalized spacial score (nSPS) is 15.7. The minimum atomic E-state index is -0.474. The highest BCUT2D eigenvalue weighted by Crippen LogP contribution is 2.18. The predicted octanol–water partition coefficient (Wildman–Crippen LogP) is 1.31. The van der Waals surface area contributed by atoms with E-state index in [-0.39, 0.29) is 18.0 Å². The van der Waals surface area contributed by atoms with Gasteiger partial charge in [0.1, 0.15) is 11.9 Å². The maximum Gasteiger partial charge on any atom is 0.410 e. The lowest BCUT2D eigenvalue weighted by atomic mass is 10.0. The molecular weight excluding hydrogens is 260 g/mol. The van der Waals surface area contributed by atoms with Crippen molar-refractivity contribution in [3.63, 3.8) is 0 Å². The van der Waals surface area contributed by atoms with Crippen LogP contribution in [0.3, 0.4) is 0 Å². The topological polar surface area (TPSA) is 76.5 Å². The predicted molar refractivity (Wildman–Crippen MR) is 72.3 cm³/mol. The Labute approximate surface area is 117 Å². The molecule has 0 unspecified atom stereocenters. The van der Waals surface area contributed by atoms with E-state index in [1.165, 1.54) is 10.9 Å². The lowest BCUT2D eigenvalue weighted by Gasteiger charge is -2.39. The second-order valence-electron chi connectivity index (χ2n) is 5.91. The third-order valence-electron chi connectivity index (χ3n) is 2.89. The van der Waals surface area contributed by atoms with Crippen LogP contribution in [0.1, 0.15) is 20.8 Å². The summed E-state index contributed by atoms with van der Waals surface area (Å²) < 4.78 is 6.64. The van der Waals surface area contributed by atoms with Crippen LogP contribution >= 0.6 is 0 Å². The highest BCUT2D eigenvalue weighted by Gasteiger charge is 2.33. The van der Waals surface area contributed by atoms with Crippen LogP contribution < -0.4 is 5.32 Å². The van der Waals surface area contributed by atoms with Crippen LogP contribution in [-0.2, 0) is 4.74 Å². The standard InChI is InChI=1S/C13H20N4O3/c1-13(2,3)20-12(19)17-7-10(8-17)6-15-11(18)16-5-4-14-9-16/h4-5,9-10H,6-8H2,1-3H3,(H,15,18). The number of aromatic nitrogens is 2. The molecule has 1 aromatic heterocycles. The van der Waals surface area contributed by atoms with Crippen molar-refractivity contribution < 1.29 is 14.3 Å². The molecule has 2 rings (SSSR count). The molecule has 7 nitrogen and oxygen atoms in total. The average molecular weight is 280 g/mol. The molecule has 1 aliphatic rings. The van der Waals surface area contributed by atoms with E-state index < -0.39 is 5.60 Å². The van der Waals surface area contributed by atoms with Crippen molar-refractivity contribution >= 4 is 12.1 Å². The first-order valence-corrected chi connectivity index (χ1v) is 6.59. The molecule has 0 aliphatic carbocycles. The molecule has 0 radical (unpaired) electrons. The first-order valence-electron chi connectivity index (χ1n) is 6.59. The molecule has 0 atom stereocenters. The van der Waals surface area contributed by atoms with Crippen LogP contribution in [0.5, 0.6) is 0 Å². The summed E-state index contributed by atoms with van der Waals surface area (Å²) in [6.45, 7) is 7.28. The summed E-state index contributed by atoms with van der Waals surface area (Å²) in [5.41, 5.74) is -0.474. The van der Waals surface area contributed by atoms with Gasteiger partial charge in [0.2, 0.25) is 0 Å². The largest absolute Gasteiger partial charge is 0.444 e. The number of amides is 2. The average Bonchev–Trinajstić information content (AvgIpc) is 2.77. The number of nitrogens with one attached hydrogen (secondary N) is 1. The molecule has 0 aromatic carbocycles. The van der Waals surface area contributed by atoms with E-state index in [0.717, 1.165) is 0 Å². The van der Waals surface area contributed by atoms with E-state index in [0.29, 0.717) is 19.6 Å². The Morgan fingerprint density at radius 1 is 1.40 bits per heavy atom. The second-order valence-corrected chi connectivity index (χ2v) is 5.91. The van der Waals surface area contributed by atoms with Crippen molar-refractivity contribution in [1.82, 2.24) is 19.8 Å². The van der Waals surface area contributed by atoms with E-state index >= 15 is 0 Å². The number of hydrogen-bond donors (Lipinski definition) is 1. The van der Waals surface area contributed by atoms with Crippen LogP contribution in [0, 0.1) is 5.92 Å². The molecule has 1 aromatic rings. The fourth-order valence-corrected chi connectivity index (χ4v) is 1.88. The lowest BCUT2D eigenvalue weighted by Crippen LogP contribution is -2.55. The van der Waals surface area contributed by atoms with Crippen LogP contribution in [0.15, 0.2) is 18.7 Å². The van der Waals surface area contributed by atoms with Crippen molar-refractivity contribution in [2.45, 2.75) is 26.4 Å². The lowest BCUT2D eigenvalue weighted by molar-refractivity contribution is -0.000352. The molecule has 0 bridgehead atoms. The van der Waals surface area contributed by atoms with E-state index in [4.69, 9.17) is 4.74 Å². The Balaban J connectivity index is 1.67. The van der Waals surface area contributed by atoms with Gasteiger partial charge in [-0.05, 0) is 20.8 Å². The van der Waals surface area contributed by atoms with Crippen molar-refractivity contribution in [3.05, 3.63) is 18.7 Å². The Morgan fingerprint density at radius 3 is 2.65 bits per heavy atom. The SMILES string of the molecule is CC(C)(C)OC(=O)N1CC(CNC(=O)n2ccnc2)C1. The molecule has 1 saturated heterocycles. The van der Waals surface area contributed by atoms with Gasteiger partial charge >= 0.3 is 12.1 Å². The van der Waals surface area contributed by atoms with Crippen LogP contribution in [0.2, 0.25) is 0 Å². The Hall–Kier alpha value is -2.05. The van der Waals surface area contributed by atoms with Gasteiger partial charge in [0.05, 0.1) is 0 Å². The number of imidazole rings is 1. The first-order chi connectivity index (χ1) is 9.35. The minimum absolute atomic E-state index is 0.210. The zero-order chi connectivity index (χ0) is 14.8. The van der Waals surface area contributed by atoms with Gasteiger partial charge in [-0.15, -0.1) is 0 Å². The monoisotopic (exact) mass is 280 g/mol. The molecule has 2 heterocycles. The highest BCUT2D eigenvalue weighted by molar-refractivity contribution is 5.76. The van der Waals surface area contributed by atoms with Gasteiger partial charge in [-0.1, -0.05) is 0 Å². The second kappa shape index (κ2) is 5.52. The van der Waals surface area contributed by atoms with Gasteiger partial charge in [0.25, 0.3) is 0 Å². The Bertz CT molecular complexity index is 472. The van der Waals surface area contributed by atoms with E-state index in [1.807, 2.05) is 20.8 Å². The molecule has 2 amide bonds. The van der Waals surface area contributed by atoms with E-state index in [1.54, 1.807) is 17.3 Å². The summed E-state index contributed by atoms with van der Waals surface area (Å²) in [6, 6.07) is -0.210. The van der Waals surface area contributed by atoms with Crippen LogP contribution in [0.25, 0.3) is 0 Å². The zero-order valence-electron chi connectivity index (χ0n) is 12.0. The van der Waals surface area contributed by atoms with Crippen molar-refractivity contribution in [1.29, 1.82) is 0 Å². The van der Waals surface area contributed by atoms with Gasteiger partial charge in [0, 0.05) is 37.9 Å². The molecule has 0 spiro atoms. The molecule has 7 heteroatoms. The molecule has 1 aliphatic heterocycles. The fraction of sp³-hybridized carbons (Fsp3) is 0.615. The smallest absolute Gasteiger partial charge is 0.410 e. The third-order valence-corrected chi connectivity index (χ3v) is 2.89. The first kappa shape index (κ1) is 14.4. The summed E-state index contributed by atoms with van der Waals surface area (Å²) in [5.74, 6) is 0.273. The number of nitrogens with zero attached hydrogens (tertiary/aromatic N) is 3. The van der Waals surface area contributed by atoms with Gasteiger partial charge in [-0.3, -0.25) is 4.57 Å². The number of likely N-dealkylation sites (tertiary alicyclic amines) is 1. The molecule has 110 valence electrons. The van der Waals surface area contributed by atoms with Crippen LogP contribution in [0.4, 0.5) is 9.59 Å². The quantitative estimate of drug-likeness (QED) is 0.886. The fourth-order valence-electron chi connectivity index (χ4n) is 1.88. The van der Waals surface area contributed by atoms with Crippen molar-refractivity contribution in [2.24, 2.45) is 5.92 Å². The number of ether oxygens (including phenoxy) is 1. The van der Waals surface area contributed by atoms with Crippen LogP contribution in [-0.4, -0.2) is 51.8 Å². The molecule has 0 saturated carbocycles. The summed E-state index contributed by atoms with van der Waals surface area (Å²) >= 11 is 0. The maximum atomic E-state index is 11.7. The highest BCUT2D eigenvalue weighted by atomic mass is 16.6.